The van der Waals surface area contributed by atoms with Crippen molar-refractivity contribution in [3.05, 3.63) is 29.6 Å². The Morgan fingerprint density at radius 2 is 2.56 bits per heavy atom. The van der Waals surface area contributed by atoms with Crippen molar-refractivity contribution in [3.8, 4) is 0 Å². The van der Waals surface area contributed by atoms with Crippen LogP contribution in [0.15, 0.2) is 18.3 Å². The zero-order valence-electron chi connectivity index (χ0n) is 9.65. The number of aromatic nitrogens is 1. The Morgan fingerprint density at radius 3 is 3.31 bits per heavy atom. The van der Waals surface area contributed by atoms with Gasteiger partial charge in [-0.15, -0.1) is 0 Å². The lowest BCUT2D eigenvalue weighted by atomic mass is 9.99. The molecule has 1 aliphatic rings. The summed E-state index contributed by atoms with van der Waals surface area (Å²) in [4.78, 5) is 4.51. The number of aryl methyl sites for hydroxylation is 1. The van der Waals surface area contributed by atoms with Crippen molar-refractivity contribution in [3.63, 3.8) is 0 Å². The van der Waals surface area contributed by atoms with Gasteiger partial charge in [0.25, 0.3) is 0 Å². The average Bonchev–Trinajstić information content (AvgIpc) is 2.75. The molecule has 0 fully saturated rings. The van der Waals surface area contributed by atoms with E-state index in [0.29, 0.717) is 12.0 Å². The van der Waals surface area contributed by atoms with Gasteiger partial charge in [-0.2, -0.15) is 11.8 Å². The minimum absolute atomic E-state index is 0.348. The first-order valence-corrected chi connectivity index (χ1v) is 7.00. The maximum absolute atomic E-state index is 5.66. The van der Waals surface area contributed by atoms with E-state index in [1.165, 1.54) is 17.7 Å². The van der Waals surface area contributed by atoms with Crippen molar-refractivity contribution in [2.75, 3.05) is 11.5 Å². The summed E-state index contributed by atoms with van der Waals surface area (Å²) in [5.74, 6) is 8.35. The molecule has 0 aromatic carbocycles. The fraction of sp³-hybridized carbons (Fsp3) is 0.583. The summed E-state index contributed by atoms with van der Waals surface area (Å²) < 4.78 is 0. The quantitative estimate of drug-likeness (QED) is 0.604. The Morgan fingerprint density at radius 1 is 1.69 bits per heavy atom. The van der Waals surface area contributed by atoms with E-state index in [1.807, 2.05) is 24.0 Å². The average molecular weight is 237 g/mol. The number of rotatable bonds is 5. The molecular weight excluding hydrogens is 218 g/mol. The van der Waals surface area contributed by atoms with Crippen LogP contribution in [0.1, 0.15) is 30.5 Å². The van der Waals surface area contributed by atoms with Crippen LogP contribution >= 0.6 is 11.8 Å². The van der Waals surface area contributed by atoms with Gasteiger partial charge in [0.1, 0.15) is 0 Å². The molecule has 2 rings (SSSR count). The summed E-state index contributed by atoms with van der Waals surface area (Å²) in [7, 11) is 0. The first-order chi connectivity index (χ1) is 7.86. The topological polar surface area (TPSA) is 50.9 Å². The van der Waals surface area contributed by atoms with Crippen LogP contribution in [-0.4, -0.2) is 22.5 Å². The van der Waals surface area contributed by atoms with E-state index in [2.05, 4.69) is 23.4 Å². The molecule has 0 saturated heterocycles. The standard InChI is InChI=1S/C12H19N3S/c1-2-16-8-11(15-13)10-6-5-9-4-3-7-14-12(9)10/h3-4,7,10-11,15H,2,5-6,8,13H2,1H3. The number of hydrazine groups is 1. The third-order valence-electron chi connectivity index (χ3n) is 3.20. The second-order valence-corrected chi connectivity index (χ2v) is 5.44. The van der Waals surface area contributed by atoms with Crippen LogP contribution in [0.4, 0.5) is 0 Å². The lowest BCUT2D eigenvalue weighted by Gasteiger charge is -2.22. The highest BCUT2D eigenvalue weighted by atomic mass is 32.2. The first kappa shape index (κ1) is 11.9. The highest BCUT2D eigenvalue weighted by molar-refractivity contribution is 7.99. The predicted molar refractivity (Wildman–Crippen MR) is 69.4 cm³/mol. The van der Waals surface area contributed by atoms with Crippen molar-refractivity contribution in [1.29, 1.82) is 0 Å². The minimum atomic E-state index is 0.348. The number of fused-ring (bicyclic) bond motifs is 1. The van der Waals surface area contributed by atoms with E-state index in [4.69, 9.17) is 5.84 Å². The van der Waals surface area contributed by atoms with Crippen LogP contribution in [0.3, 0.4) is 0 Å². The van der Waals surface area contributed by atoms with Gasteiger partial charge in [0.05, 0.1) is 0 Å². The Labute approximate surface area is 101 Å². The number of hydrogen-bond donors (Lipinski definition) is 2. The zero-order chi connectivity index (χ0) is 11.4. The van der Waals surface area contributed by atoms with E-state index < -0.39 is 0 Å². The smallest absolute Gasteiger partial charge is 0.0482 e. The van der Waals surface area contributed by atoms with E-state index in [9.17, 15) is 0 Å². The molecule has 88 valence electrons. The van der Waals surface area contributed by atoms with Gasteiger partial charge >= 0.3 is 0 Å². The van der Waals surface area contributed by atoms with Crippen molar-refractivity contribution in [1.82, 2.24) is 10.4 Å². The van der Waals surface area contributed by atoms with Gasteiger partial charge in [0.15, 0.2) is 0 Å². The Hall–Kier alpha value is -0.580. The maximum atomic E-state index is 5.66. The van der Waals surface area contributed by atoms with Gasteiger partial charge in [0, 0.05) is 29.6 Å². The summed E-state index contributed by atoms with van der Waals surface area (Å²) in [6.07, 6.45) is 4.20. The molecule has 0 amide bonds. The molecule has 1 aromatic heterocycles. The van der Waals surface area contributed by atoms with Crippen LogP contribution in [0.5, 0.6) is 0 Å². The number of nitrogens with zero attached hydrogens (tertiary/aromatic N) is 1. The van der Waals surface area contributed by atoms with Gasteiger partial charge in [-0.05, 0) is 30.2 Å². The van der Waals surface area contributed by atoms with Crippen molar-refractivity contribution in [2.24, 2.45) is 5.84 Å². The number of hydrogen-bond acceptors (Lipinski definition) is 4. The summed E-state index contributed by atoms with van der Waals surface area (Å²) in [6, 6.07) is 4.55. The van der Waals surface area contributed by atoms with Crippen molar-refractivity contribution < 1.29 is 0 Å². The minimum Gasteiger partial charge on any atom is -0.271 e. The number of nitrogens with two attached hydrogens (primary N) is 1. The van der Waals surface area contributed by atoms with Crippen LogP contribution in [0.2, 0.25) is 0 Å². The van der Waals surface area contributed by atoms with Crippen molar-refractivity contribution in [2.45, 2.75) is 31.7 Å². The van der Waals surface area contributed by atoms with Crippen LogP contribution in [-0.2, 0) is 6.42 Å². The SMILES string of the molecule is CCSCC(NN)C1CCc2cccnc21. The largest absolute Gasteiger partial charge is 0.271 e. The van der Waals surface area contributed by atoms with Gasteiger partial charge in [-0.1, -0.05) is 13.0 Å². The molecular formula is C12H19N3S. The fourth-order valence-electron chi connectivity index (χ4n) is 2.36. The summed E-state index contributed by atoms with van der Waals surface area (Å²) >= 11 is 1.93. The zero-order valence-corrected chi connectivity index (χ0v) is 10.5. The molecule has 16 heavy (non-hydrogen) atoms. The van der Waals surface area contributed by atoms with Gasteiger partial charge in [-0.25, -0.2) is 0 Å². The van der Waals surface area contributed by atoms with Crippen molar-refractivity contribution >= 4 is 11.8 Å². The van der Waals surface area contributed by atoms with E-state index >= 15 is 0 Å². The summed E-state index contributed by atoms with van der Waals surface area (Å²) in [6.45, 7) is 2.18. The summed E-state index contributed by atoms with van der Waals surface area (Å²) in [5, 5.41) is 0. The third kappa shape index (κ3) is 2.39. The Balaban J connectivity index is 2.10. The number of thioether (sulfide) groups is 1. The van der Waals surface area contributed by atoms with Crippen LogP contribution in [0.25, 0.3) is 0 Å². The molecule has 2 unspecified atom stereocenters. The third-order valence-corrected chi connectivity index (χ3v) is 4.21. The molecule has 0 bridgehead atoms. The molecule has 4 heteroatoms. The van der Waals surface area contributed by atoms with Crippen LogP contribution < -0.4 is 11.3 Å². The highest BCUT2D eigenvalue weighted by Gasteiger charge is 2.29. The first-order valence-electron chi connectivity index (χ1n) is 5.84. The second kappa shape index (κ2) is 5.66. The molecule has 2 atom stereocenters. The Kier molecular flexibility index (Phi) is 4.21. The number of pyridine rings is 1. The Bertz CT molecular complexity index is 343. The molecule has 3 N–H and O–H groups in total. The fourth-order valence-corrected chi connectivity index (χ4v) is 3.18. The second-order valence-electron chi connectivity index (χ2n) is 4.13. The van der Waals surface area contributed by atoms with E-state index in [0.717, 1.165) is 17.9 Å². The van der Waals surface area contributed by atoms with Gasteiger partial charge in [0.2, 0.25) is 0 Å². The van der Waals surface area contributed by atoms with E-state index in [-0.39, 0.29) is 0 Å². The predicted octanol–water partition coefficient (Wildman–Crippen LogP) is 1.70. The molecule has 1 aromatic rings. The maximum Gasteiger partial charge on any atom is 0.0482 e. The molecule has 0 aliphatic heterocycles. The molecule has 0 saturated carbocycles. The number of nitrogens with one attached hydrogen (secondary N) is 1. The molecule has 0 radical (unpaired) electrons. The monoisotopic (exact) mass is 237 g/mol. The normalized spacial score (nSPS) is 20.8. The molecule has 0 spiro atoms. The molecule has 1 heterocycles. The lowest BCUT2D eigenvalue weighted by molar-refractivity contribution is 0.468. The lowest BCUT2D eigenvalue weighted by Crippen LogP contribution is -2.41. The molecule has 1 aliphatic carbocycles. The van der Waals surface area contributed by atoms with E-state index in [1.54, 1.807) is 0 Å². The highest BCUT2D eigenvalue weighted by Crippen LogP contribution is 2.34. The van der Waals surface area contributed by atoms with Gasteiger partial charge < -0.3 is 0 Å². The summed E-state index contributed by atoms with van der Waals surface area (Å²) in [5.41, 5.74) is 5.61. The van der Waals surface area contributed by atoms with Gasteiger partial charge in [-0.3, -0.25) is 16.3 Å². The molecule has 3 nitrogen and oxygen atoms in total. The van der Waals surface area contributed by atoms with Crippen LogP contribution in [0, 0.1) is 0 Å².